The molecule has 36 heavy (non-hydrogen) atoms. The van der Waals surface area contributed by atoms with E-state index in [-0.39, 0.29) is 25.7 Å². The fraction of sp³-hybridized carbons (Fsp3) is 0.231. The van der Waals surface area contributed by atoms with E-state index in [4.69, 9.17) is 0 Å². The van der Waals surface area contributed by atoms with E-state index in [9.17, 15) is 29.4 Å². The topological polar surface area (TPSA) is 164 Å². The van der Waals surface area contributed by atoms with E-state index in [2.05, 4.69) is 20.6 Å². The van der Waals surface area contributed by atoms with Crippen LogP contribution in [0, 0.1) is 0 Å². The van der Waals surface area contributed by atoms with Gasteiger partial charge >= 0.3 is 11.9 Å². The molecule has 4 rings (SSSR count). The number of H-pyrrole nitrogens is 2. The number of para-hydroxylation sites is 2. The smallest absolute Gasteiger partial charge is 0.326 e. The molecule has 4 aromatic rings. The highest BCUT2D eigenvalue weighted by atomic mass is 16.4. The van der Waals surface area contributed by atoms with Gasteiger partial charge in [-0.1, -0.05) is 36.4 Å². The van der Waals surface area contributed by atoms with E-state index in [0.29, 0.717) is 0 Å². The molecule has 0 saturated heterocycles. The second-order valence-corrected chi connectivity index (χ2v) is 8.54. The number of hydrogen-bond acceptors (Lipinski definition) is 4. The van der Waals surface area contributed by atoms with Crippen molar-refractivity contribution < 1.29 is 29.4 Å². The Kier molecular flexibility index (Phi) is 7.33. The summed E-state index contributed by atoms with van der Waals surface area (Å²) in [5, 5.41) is 25.8. The number of carbonyl (C=O) groups excluding carboxylic acids is 2. The zero-order valence-corrected chi connectivity index (χ0v) is 19.3. The number of carbonyl (C=O) groups is 4. The Hall–Kier alpha value is -4.60. The number of hydrogen-bond donors (Lipinski definition) is 6. The van der Waals surface area contributed by atoms with Crippen LogP contribution in [0.25, 0.3) is 21.8 Å². The second-order valence-electron chi connectivity index (χ2n) is 8.54. The molecule has 6 N–H and O–H groups in total. The monoisotopic (exact) mass is 490 g/mol. The van der Waals surface area contributed by atoms with Crippen LogP contribution in [0.2, 0.25) is 0 Å². The Morgan fingerprint density at radius 3 is 1.44 bits per heavy atom. The van der Waals surface area contributed by atoms with E-state index in [1.54, 1.807) is 12.4 Å². The van der Waals surface area contributed by atoms with Crippen molar-refractivity contribution in [3.63, 3.8) is 0 Å². The predicted octanol–water partition coefficient (Wildman–Crippen LogP) is 2.35. The third-order valence-electron chi connectivity index (χ3n) is 6.04. The molecule has 0 aliphatic carbocycles. The minimum Gasteiger partial charge on any atom is -0.480 e. The molecule has 2 heterocycles. The van der Waals surface area contributed by atoms with Gasteiger partial charge in [-0.3, -0.25) is 9.59 Å². The average Bonchev–Trinajstić information content (AvgIpc) is 3.46. The third kappa shape index (κ3) is 5.72. The molecule has 2 amide bonds. The summed E-state index contributed by atoms with van der Waals surface area (Å²) in [5.41, 5.74) is 3.22. The first-order chi connectivity index (χ1) is 17.3. The van der Waals surface area contributed by atoms with Crippen LogP contribution in [0.3, 0.4) is 0 Å². The highest BCUT2D eigenvalue weighted by Gasteiger charge is 2.24. The lowest BCUT2D eigenvalue weighted by molar-refractivity contribution is -0.142. The van der Waals surface area contributed by atoms with Gasteiger partial charge in [0, 0.05) is 59.9 Å². The number of nitrogens with one attached hydrogen (secondary N) is 4. The summed E-state index contributed by atoms with van der Waals surface area (Å²) in [4.78, 5) is 54.4. The summed E-state index contributed by atoms with van der Waals surface area (Å²) < 4.78 is 0. The van der Waals surface area contributed by atoms with Gasteiger partial charge in [0.05, 0.1) is 0 Å². The Bertz CT molecular complexity index is 1310. The number of amides is 2. The number of carboxylic acid groups (broad SMARTS) is 2. The Balaban J connectivity index is 1.31. The molecule has 0 radical (unpaired) electrons. The fourth-order valence-corrected chi connectivity index (χ4v) is 4.20. The minimum absolute atomic E-state index is 0.0724. The fourth-order valence-electron chi connectivity index (χ4n) is 4.20. The summed E-state index contributed by atoms with van der Waals surface area (Å²) in [6.45, 7) is 0. The molecule has 186 valence electrons. The number of aromatic amines is 2. The van der Waals surface area contributed by atoms with E-state index in [1.165, 1.54) is 0 Å². The van der Waals surface area contributed by atoms with Gasteiger partial charge in [0.15, 0.2) is 0 Å². The van der Waals surface area contributed by atoms with E-state index in [1.807, 2.05) is 48.5 Å². The molecule has 2 aromatic carbocycles. The first-order valence-electron chi connectivity index (χ1n) is 11.5. The molecule has 0 bridgehead atoms. The van der Waals surface area contributed by atoms with E-state index >= 15 is 0 Å². The van der Waals surface area contributed by atoms with Crippen LogP contribution in [0.4, 0.5) is 0 Å². The molecular weight excluding hydrogens is 464 g/mol. The van der Waals surface area contributed by atoms with Gasteiger partial charge in [-0.25, -0.2) is 9.59 Å². The van der Waals surface area contributed by atoms with Crippen LogP contribution >= 0.6 is 0 Å². The van der Waals surface area contributed by atoms with Gasteiger partial charge in [-0.15, -0.1) is 0 Å². The standard InChI is InChI=1S/C26H26N4O6/c31-23(29-21(25(33)34)11-15-13-27-19-7-3-1-5-17(15)19)9-10-24(32)30-22(26(35)36)12-16-14-28-20-8-4-2-6-18(16)20/h1-8,13-14,21-22,27-28H,9-12H2,(H,29,31)(H,30,32)(H,33,34)(H,35,36)/t21-,22-/m1/s1. The van der Waals surface area contributed by atoms with Crippen molar-refractivity contribution in [3.05, 3.63) is 72.1 Å². The molecule has 0 spiro atoms. The first-order valence-corrected chi connectivity index (χ1v) is 11.5. The van der Waals surface area contributed by atoms with Crippen molar-refractivity contribution in [2.24, 2.45) is 0 Å². The highest BCUT2D eigenvalue weighted by Crippen LogP contribution is 2.20. The van der Waals surface area contributed by atoms with Crippen LogP contribution in [-0.4, -0.2) is 56.0 Å². The highest BCUT2D eigenvalue weighted by molar-refractivity contribution is 5.90. The third-order valence-corrected chi connectivity index (χ3v) is 6.04. The van der Waals surface area contributed by atoms with E-state index in [0.717, 1.165) is 32.9 Å². The van der Waals surface area contributed by atoms with Crippen molar-refractivity contribution in [3.8, 4) is 0 Å². The lowest BCUT2D eigenvalue weighted by Gasteiger charge is -2.16. The number of fused-ring (bicyclic) bond motifs is 2. The largest absolute Gasteiger partial charge is 0.480 e. The predicted molar refractivity (Wildman–Crippen MR) is 132 cm³/mol. The van der Waals surface area contributed by atoms with Crippen molar-refractivity contribution in [1.29, 1.82) is 0 Å². The SMILES string of the molecule is O=C(CCC(=O)N[C@H](Cc1c[nH]c2ccccc12)C(=O)O)N[C@H](Cc1c[nH]c2ccccc12)C(=O)O. The van der Waals surface area contributed by atoms with Crippen LogP contribution in [-0.2, 0) is 32.0 Å². The van der Waals surface area contributed by atoms with Crippen LogP contribution in [0.1, 0.15) is 24.0 Å². The second kappa shape index (κ2) is 10.8. The van der Waals surface area contributed by atoms with Crippen LogP contribution < -0.4 is 10.6 Å². The molecule has 2 aromatic heterocycles. The maximum atomic E-state index is 12.4. The zero-order valence-electron chi connectivity index (χ0n) is 19.3. The van der Waals surface area contributed by atoms with Gasteiger partial charge in [0.1, 0.15) is 12.1 Å². The molecule has 0 aliphatic rings. The summed E-state index contributed by atoms with van der Waals surface area (Å²) in [5.74, 6) is -3.60. The number of aliphatic carboxylic acids is 2. The van der Waals surface area contributed by atoms with Crippen molar-refractivity contribution >= 4 is 45.6 Å². The Morgan fingerprint density at radius 1 is 0.667 bits per heavy atom. The van der Waals surface area contributed by atoms with Gasteiger partial charge in [-0.2, -0.15) is 0 Å². The molecule has 10 nitrogen and oxygen atoms in total. The summed E-state index contributed by atoms with van der Waals surface area (Å²) in [6.07, 6.45) is 3.01. The van der Waals surface area contributed by atoms with Gasteiger partial charge in [-0.05, 0) is 23.3 Å². The quantitative estimate of drug-likeness (QED) is 0.189. The summed E-state index contributed by atoms with van der Waals surface area (Å²) in [6, 6.07) is 12.5. The maximum absolute atomic E-state index is 12.4. The first kappa shape index (κ1) is 24.5. The maximum Gasteiger partial charge on any atom is 0.326 e. The lowest BCUT2D eigenvalue weighted by Crippen LogP contribution is -2.44. The van der Waals surface area contributed by atoms with Crippen molar-refractivity contribution in [2.75, 3.05) is 0 Å². The number of benzene rings is 2. The molecule has 2 atom stereocenters. The number of aromatic nitrogens is 2. The zero-order chi connectivity index (χ0) is 25.7. The molecule has 10 heteroatoms. The normalized spacial score (nSPS) is 12.8. The minimum atomic E-state index is -1.19. The molecule has 0 fully saturated rings. The molecule has 0 aliphatic heterocycles. The number of rotatable bonds is 11. The van der Waals surface area contributed by atoms with Crippen LogP contribution in [0.5, 0.6) is 0 Å². The average molecular weight is 491 g/mol. The molecular formula is C26H26N4O6. The molecule has 0 saturated carbocycles. The van der Waals surface area contributed by atoms with Crippen LogP contribution in [0.15, 0.2) is 60.9 Å². The van der Waals surface area contributed by atoms with Crippen molar-refractivity contribution in [2.45, 2.75) is 37.8 Å². The Labute approximate surface area is 205 Å². The van der Waals surface area contributed by atoms with Gasteiger partial charge < -0.3 is 30.8 Å². The summed E-state index contributed by atoms with van der Waals surface area (Å²) >= 11 is 0. The van der Waals surface area contributed by atoms with E-state index < -0.39 is 35.8 Å². The van der Waals surface area contributed by atoms with Gasteiger partial charge in [0.2, 0.25) is 11.8 Å². The van der Waals surface area contributed by atoms with Gasteiger partial charge in [0.25, 0.3) is 0 Å². The molecule has 0 unspecified atom stereocenters. The van der Waals surface area contributed by atoms with Crippen molar-refractivity contribution in [1.82, 2.24) is 20.6 Å². The number of carboxylic acids is 2. The summed E-state index contributed by atoms with van der Waals surface area (Å²) in [7, 11) is 0. The lowest BCUT2D eigenvalue weighted by atomic mass is 10.0. The Morgan fingerprint density at radius 2 is 1.06 bits per heavy atom.